The summed E-state index contributed by atoms with van der Waals surface area (Å²) in [6.45, 7) is 5.03. The number of nitrogens with zero attached hydrogens (tertiary/aromatic N) is 1. The van der Waals surface area contributed by atoms with Gasteiger partial charge in [-0.1, -0.05) is 0 Å². The van der Waals surface area contributed by atoms with Gasteiger partial charge in [0.1, 0.15) is 0 Å². The molecule has 0 amide bonds. The van der Waals surface area contributed by atoms with E-state index in [2.05, 4.69) is 0 Å². The molecule has 0 spiro atoms. The Hall–Kier alpha value is -0.450. The van der Waals surface area contributed by atoms with Crippen LogP contribution in [0.25, 0.3) is 0 Å². The van der Waals surface area contributed by atoms with Gasteiger partial charge in [0.05, 0.1) is 0 Å². The molecule has 0 aromatic heterocycles. The monoisotopic (exact) mass is 185 g/mol. The van der Waals surface area contributed by atoms with Crippen molar-refractivity contribution in [2.45, 2.75) is 12.5 Å². The van der Waals surface area contributed by atoms with Gasteiger partial charge in [-0.2, -0.15) is 0 Å². The third-order valence-corrected chi connectivity index (χ3v) is 2.54. The third kappa shape index (κ3) is 17.7. The van der Waals surface area contributed by atoms with E-state index in [0.717, 1.165) is 0 Å². The fraction of sp³-hybridized carbons (Fsp3) is 1.00. The molecule has 0 radical (unpaired) electrons. The lowest BCUT2D eigenvalue weighted by Crippen LogP contribution is -2.18. The van der Waals surface area contributed by atoms with Crippen LogP contribution in [0, 0.1) is 10.1 Å². The zero-order valence-electron chi connectivity index (χ0n) is 6.55. The van der Waals surface area contributed by atoms with Gasteiger partial charge < -0.3 is 15.4 Å². The van der Waals surface area contributed by atoms with Crippen LogP contribution < -0.4 is 0 Å². The smallest absolute Gasteiger partial charge is 0.291 e. The second-order valence-electron chi connectivity index (χ2n) is 2.10. The van der Waals surface area contributed by atoms with Crippen LogP contribution in [-0.4, -0.2) is 39.4 Å². The predicted octanol–water partition coefficient (Wildman–Crippen LogP) is 0.0385. The number of aliphatic hydroxyl groups is 2. The van der Waals surface area contributed by atoms with E-state index in [9.17, 15) is 0 Å². The molecule has 0 unspecified atom stereocenters. The van der Waals surface area contributed by atoms with E-state index in [0.29, 0.717) is 0 Å². The highest BCUT2D eigenvalue weighted by atomic mass is 31.1. The summed E-state index contributed by atoms with van der Waals surface area (Å²) in [5, 5.41) is 31.0. The quantitative estimate of drug-likeness (QED) is 0.231. The molecule has 0 aliphatic heterocycles. The molecule has 0 aromatic carbocycles. The van der Waals surface area contributed by atoms with E-state index in [1.165, 1.54) is 6.92 Å². The van der Waals surface area contributed by atoms with Crippen molar-refractivity contribution in [3.8, 4) is 0 Å². The van der Waals surface area contributed by atoms with Gasteiger partial charge in [-0.3, -0.25) is 0 Å². The molecule has 0 rings (SSSR count). The summed E-state index contributed by atoms with van der Waals surface area (Å²) in [6.07, 6.45) is 0. The maximum Gasteiger partial charge on any atom is 0.291 e. The largest absolute Gasteiger partial charge is 0.362 e. The predicted molar refractivity (Wildman–Crippen MR) is 40.4 cm³/mol. The van der Waals surface area contributed by atoms with Crippen molar-refractivity contribution in [3.05, 3.63) is 10.1 Å². The van der Waals surface area contributed by atoms with Crippen molar-refractivity contribution in [3.63, 3.8) is 0 Å². The van der Waals surface area contributed by atoms with Crippen LogP contribution in [0.15, 0.2) is 0 Å². The van der Waals surface area contributed by atoms with Gasteiger partial charge >= 0.3 is 0 Å². The molecule has 6 nitrogen and oxygen atoms in total. The van der Waals surface area contributed by atoms with Gasteiger partial charge in [0.15, 0.2) is 5.53 Å². The van der Waals surface area contributed by atoms with Crippen molar-refractivity contribution in [1.82, 2.24) is 0 Å². The first-order valence-electron chi connectivity index (χ1n) is 2.63. The van der Waals surface area contributed by atoms with E-state index in [-0.39, 0.29) is 0 Å². The highest BCUT2D eigenvalue weighted by Crippen LogP contribution is 2.37. The Balaban J connectivity index is 0. The Morgan fingerprint density at radius 3 is 1.55 bits per heavy atom. The molecule has 0 aliphatic rings. The van der Waals surface area contributed by atoms with Gasteiger partial charge in [-0.05, 0) is 28.2 Å². The lowest BCUT2D eigenvalue weighted by molar-refractivity contribution is -0.742. The number of hydrogen-bond acceptors (Lipinski definition) is 4. The molecule has 0 heterocycles. The van der Waals surface area contributed by atoms with Crippen molar-refractivity contribution in [2.75, 3.05) is 13.3 Å². The molecule has 7 heteroatoms. The molecule has 0 saturated heterocycles. The molecular formula is C4H12NO5P. The highest BCUT2D eigenvalue weighted by Gasteiger charge is 2.18. The summed E-state index contributed by atoms with van der Waals surface area (Å²) in [5.74, 6) is 0. The molecule has 68 valence electrons. The van der Waals surface area contributed by atoms with Crippen LogP contribution in [0.5, 0.6) is 0 Å². The van der Waals surface area contributed by atoms with Crippen LogP contribution in [0.2, 0.25) is 0 Å². The topological polar surface area (TPSA) is 104 Å². The Kier molecular flexibility index (Phi) is 6.26. The maximum absolute atomic E-state index is 8.68. The van der Waals surface area contributed by atoms with E-state index < -0.39 is 18.5 Å². The fourth-order valence-corrected chi connectivity index (χ4v) is 0. The van der Waals surface area contributed by atoms with Gasteiger partial charge in [-0.25, -0.2) is 0 Å². The molecule has 0 bridgehead atoms. The van der Waals surface area contributed by atoms with Crippen LogP contribution in [-0.2, 0) is 0 Å². The molecule has 0 saturated carbocycles. The zero-order chi connectivity index (χ0) is 9.65. The summed E-state index contributed by atoms with van der Waals surface area (Å²) in [6, 6.07) is 0. The minimum Gasteiger partial charge on any atom is -0.362 e. The van der Waals surface area contributed by atoms with E-state index in [1.807, 2.05) is 13.3 Å². The molecule has 3 N–H and O–H groups in total. The fourth-order valence-electron chi connectivity index (χ4n) is 0. The van der Waals surface area contributed by atoms with Crippen LogP contribution in [0.4, 0.5) is 0 Å². The molecular weight excluding hydrogens is 173 g/mol. The van der Waals surface area contributed by atoms with Gasteiger partial charge in [0.25, 0.3) is 5.09 Å². The summed E-state index contributed by atoms with van der Waals surface area (Å²) >= 11 is 0. The van der Waals surface area contributed by atoms with Crippen LogP contribution in [0.3, 0.4) is 0 Å². The second kappa shape index (κ2) is 5.23. The standard InChI is InChI=1S/C4H11O2P.HNO3/c1-4(5,6)7(2)3;2-1(3)4/h5-6H,1-3H3;(H,2,3,4). The Bertz CT molecular complexity index is 116. The lowest BCUT2D eigenvalue weighted by Gasteiger charge is -2.19. The van der Waals surface area contributed by atoms with E-state index in [1.54, 1.807) is 0 Å². The van der Waals surface area contributed by atoms with Gasteiger partial charge in [0, 0.05) is 0 Å². The number of rotatable bonds is 1. The minimum atomic E-state index is -1.50. The average molecular weight is 185 g/mol. The van der Waals surface area contributed by atoms with Crippen molar-refractivity contribution in [1.29, 1.82) is 0 Å². The van der Waals surface area contributed by atoms with E-state index >= 15 is 0 Å². The molecule has 0 atom stereocenters. The molecule has 11 heavy (non-hydrogen) atoms. The van der Waals surface area contributed by atoms with Crippen molar-refractivity contribution < 1.29 is 20.5 Å². The zero-order valence-corrected chi connectivity index (χ0v) is 7.45. The Morgan fingerprint density at radius 2 is 1.55 bits per heavy atom. The van der Waals surface area contributed by atoms with Gasteiger partial charge in [-0.15, -0.1) is 10.1 Å². The summed E-state index contributed by atoms with van der Waals surface area (Å²) in [7, 11) is -0.630. The first-order valence-corrected chi connectivity index (χ1v) is 4.87. The van der Waals surface area contributed by atoms with Crippen molar-refractivity contribution >= 4 is 7.92 Å². The maximum atomic E-state index is 8.68. The van der Waals surface area contributed by atoms with Crippen molar-refractivity contribution in [2.24, 2.45) is 0 Å². The molecule has 0 aromatic rings. The van der Waals surface area contributed by atoms with Crippen LogP contribution in [0.1, 0.15) is 6.92 Å². The third-order valence-electron chi connectivity index (χ3n) is 0.847. The number of hydrogen-bond donors (Lipinski definition) is 3. The van der Waals surface area contributed by atoms with Crippen LogP contribution >= 0.6 is 7.92 Å². The average Bonchev–Trinajstić information content (AvgIpc) is 1.59. The molecule has 0 aliphatic carbocycles. The summed E-state index contributed by atoms with van der Waals surface area (Å²) in [5.41, 5.74) is -1.44. The highest BCUT2D eigenvalue weighted by molar-refractivity contribution is 7.57. The normalized spacial score (nSPS) is 10.4. The molecule has 0 fully saturated rings. The van der Waals surface area contributed by atoms with E-state index in [4.69, 9.17) is 25.5 Å². The summed E-state index contributed by atoms with van der Waals surface area (Å²) < 4.78 is 0. The minimum absolute atomic E-state index is 0.630. The first-order chi connectivity index (χ1) is 4.68. The lowest BCUT2D eigenvalue weighted by atomic mass is 10.8. The second-order valence-corrected chi connectivity index (χ2v) is 4.74. The van der Waals surface area contributed by atoms with Gasteiger partial charge in [0.2, 0.25) is 0 Å². The Morgan fingerprint density at radius 1 is 1.45 bits per heavy atom. The first kappa shape index (κ1) is 13.2. The SMILES string of the molecule is CP(C)C(C)(O)O.O=[N+]([O-])O. The summed E-state index contributed by atoms with van der Waals surface area (Å²) in [4.78, 5) is 8.36. The Labute approximate surface area is 65.3 Å².